The number of likely N-dealkylation sites (tertiary alicyclic amines) is 1. The normalized spacial score (nSPS) is 15.4. The van der Waals surface area contributed by atoms with E-state index in [-0.39, 0.29) is 18.5 Å². The Balaban J connectivity index is 1.50. The number of amides is 1. The summed E-state index contributed by atoms with van der Waals surface area (Å²) in [6.07, 6.45) is 8.43. The molecular formula is C31H44N4O3. The average Bonchev–Trinajstić information content (AvgIpc) is 2.97. The van der Waals surface area contributed by atoms with Crippen LogP contribution in [0.1, 0.15) is 69.9 Å². The highest BCUT2D eigenvalue weighted by atomic mass is 16.5. The molecular weight excluding hydrogens is 476 g/mol. The molecule has 0 aromatic heterocycles. The zero-order valence-electron chi connectivity index (χ0n) is 23.0. The number of piperidine rings is 1. The first-order valence-electron chi connectivity index (χ1n) is 14.1. The molecule has 0 radical (unpaired) electrons. The Morgan fingerprint density at radius 2 is 1.82 bits per heavy atom. The van der Waals surface area contributed by atoms with Gasteiger partial charge in [-0.2, -0.15) is 0 Å². The van der Waals surface area contributed by atoms with E-state index in [2.05, 4.69) is 36.6 Å². The smallest absolute Gasteiger partial charge is 0.260 e. The Hall–Kier alpha value is -3.35. The van der Waals surface area contributed by atoms with Crippen LogP contribution in [0.2, 0.25) is 0 Å². The third-order valence-corrected chi connectivity index (χ3v) is 7.38. The lowest BCUT2D eigenvalue weighted by atomic mass is 9.85. The summed E-state index contributed by atoms with van der Waals surface area (Å²) >= 11 is 0. The topological polar surface area (TPSA) is 94.5 Å². The van der Waals surface area contributed by atoms with Crippen molar-refractivity contribution >= 4 is 18.2 Å². The fraction of sp³-hybridized carbons (Fsp3) is 0.516. The van der Waals surface area contributed by atoms with Gasteiger partial charge in [-0.1, -0.05) is 75.6 Å². The summed E-state index contributed by atoms with van der Waals surface area (Å²) in [6.45, 7) is 6.34. The minimum Gasteiger partial charge on any atom is -0.484 e. The molecule has 1 amide bonds. The number of nitrogens with one attached hydrogen (secondary N) is 3. The summed E-state index contributed by atoms with van der Waals surface area (Å²) in [4.78, 5) is 26.9. The van der Waals surface area contributed by atoms with E-state index in [9.17, 15) is 9.59 Å². The molecule has 0 spiro atoms. The Morgan fingerprint density at radius 1 is 1.08 bits per heavy atom. The lowest BCUT2D eigenvalue weighted by Crippen LogP contribution is -2.52. The maximum absolute atomic E-state index is 12.5. The molecule has 3 N–H and O–H groups in total. The first-order chi connectivity index (χ1) is 18.5. The first kappa shape index (κ1) is 29.2. The summed E-state index contributed by atoms with van der Waals surface area (Å²) in [5.74, 6) is 1.23. The molecule has 2 aromatic rings. The van der Waals surface area contributed by atoms with Gasteiger partial charge in [-0.15, -0.1) is 0 Å². The van der Waals surface area contributed by atoms with E-state index in [4.69, 9.17) is 10.1 Å². The molecule has 1 atom stereocenters. The van der Waals surface area contributed by atoms with Crippen LogP contribution in [0.5, 0.6) is 5.75 Å². The summed E-state index contributed by atoms with van der Waals surface area (Å²) < 4.78 is 5.61. The first-order valence-corrected chi connectivity index (χ1v) is 14.1. The second kappa shape index (κ2) is 15.2. The minimum atomic E-state index is -0.920. The molecule has 1 unspecified atom stereocenters. The number of nitrogens with zero attached hydrogens (tertiary/aromatic N) is 1. The van der Waals surface area contributed by atoms with E-state index < -0.39 is 5.54 Å². The van der Waals surface area contributed by atoms with Gasteiger partial charge >= 0.3 is 0 Å². The molecule has 1 fully saturated rings. The van der Waals surface area contributed by atoms with Gasteiger partial charge in [-0.25, -0.2) is 0 Å². The van der Waals surface area contributed by atoms with Crippen molar-refractivity contribution in [3.63, 3.8) is 0 Å². The highest BCUT2D eigenvalue weighted by molar-refractivity contribution is 5.83. The van der Waals surface area contributed by atoms with Gasteiger partial charge in [-0.3, -0.25) is 10.2 Å². The van der Waals surface area contributed by atoms with Crippen molar-refractivity contribution in [2.24, 2.45) is 5.92 Å². The summed E-state index contributed by atoms with van der Waals surface area (Å²) in [7, 11) is 0. The van der Waals surface area contributed by atoms with E-state index in [0.29, 0.717) is 37.7 Å². The van der Waals surface area contributed by atoms with E-state index in [0.717, 1.165) is 56.8 Å². The minimum absolute atomic E-state index is 0.00234. The van der Waals surface area contributed by atoms with Crippen LogP contribution in [0.4, 0.5) is 0 Å². The predicted octanol–water partition coefficient (Wildman–Crippen LogP) is 5.05. The van der Waals surface area contributed by atoms with Gasteiger partial charge in [0, 0.05) is 19.6 Å². The number of aldehydes is 1. The molecule has 1 saturated heterocycles. The molecule has 3 rings (SSSR count). The molecule has 206 valence electrons. The molecule has 0 aliphatic carbocycles. The van der Waals surface area contributed by atoms with Gasteiger partial charge in [0.05, 0.1) is 0 Å². The van der Waals surface area contributed by atoms with Crippen LogP contribution in [0.25, 0.3) is 0 Å². The Kier molecular flexibility index (Phi) is 11.7. The van der Waals surface area contributed by atoms with Crippen LogP contribution in [0, 0.1) is 11.3 Å². The third-order valence-electron chi connectivity index (χ3n) is 7.38. The van der Waals surface area contributed by atoms with Crippen LogP contribution in [-0.2, 0) is 21.5 Å². The number of para-hydroxylation sites is 1. The summed E-state index contributed by atoms with van der Waals surface area (Å²) in [6, 6.07) is 17.6. The number of ether oxygens (including phenoxy) is 1. The second-order valence-electron chi connectivity index (χ2n) is 10.3. The fourth-order valence-corrected chi connectivity index (χ4v) is 4.93. The molecule has 1 heterocycles. The van der Waals surface area contributed by atoms with Crippen LogP contribution in [-0.4, -0.2) is 49.3 Å². The zero-order valence-corrected chi connectivity index (χ0v) is 23.0. The Morgan fingerprint density at radius 3 is 2.50 bits per heavy atom. The van der Waals surface area contributed by atoms with Crippen molar-refractivity contribution in [3.05, 3.63) is 65.7 Å². The number of benzene rings is 2. The van der Waals surface area contributed by atoms with Crippen molar-refractivity contribution in [3.8, 4) is 5.75 Å². The van der Waals surface area contributed by atoms with Gasteiger partial charge in [0.1, 0.15) is 17.6 Å². The van der Waals surface area contributed by atoms with E-state index >= 15 is 0 Å². The van der Waals surface area contributed by atoms with Crippen molar-refractivity contribution < 1.29 is 14.3 Å². The second-order valence-corrected chi connectivity index (χ2v) is 10.3. The summed E-state index contributed by atoms with van der Waals surface area (Å²) in [5.41, 5.74) is 1.23. The maximum Gasteiger partial charge on any atom is 0.260 e. The number of unbranched alkanes of at least 4 members (excludes halogenated alkanes) is 2. The molecule has 0 saturated carbocycles. The van der Waals surface area contributed by atoms with Gasteiger partial charge < -0.3 is 25.1 Å². The van der Waals surface area contributed by atoms with Crippen molar-refractivity contribution in [2.75, 3.05) is 26.2 Å². The monoisotopic (exact) mass is 520 g/mol. The molecule has 1 aliphatic heterocycles. The van der Waals surface area contributed by atoms with Crippen molar-refractivity contribution in [1.29, 1.82) is 5.41 Å². The number of aryl methyl sites for hydroxylation is 1. The van der Waals surface area contributed by atoms with Crippen LogP contribution in [0.3, 0.4) is 0 Å². The lowest BCUT2D eigenvalue weighted by Gasteiger charge is -2.34. The number of hydrogen-bond donors (Lipinski definition) is 3. The fourth-order valence-electron chi connectivity index (χ4n) is 4.93. The Bertz CT molecular complexity index is 1020. The number of hydrogen-bond acceptors (Lipinski definition) is 4. The van der Waals surface area contributed by atoms with Gasteiger partial charge in [0.15, 0.2) is 12.6 Å². The van der Waals surface area contributed by atoms with Gasteiger partial charge in [-0.05, 0) is 61.3 Å². The van der Waals surface area contributed by atoms with E-state index in [1.54, 1.807) is 0 Å². The number of carbonyl (C=O) groups excluding carboxylic acids is 2. The quantitative estimate of drug-likeness (QED) is 0.184. The summed E-state index contributed by atoms with van der Waals surface area (Å²) in [5, 5.41) is 15.0. The maximum atomic E-state index is 12.5. The third kappa shape index (κ3) is 8.61. The largest absolute Gasteiger partial charge is 0.484 e. The SMILES string of the molecule is CCCCc1cccc(C(C=O)(CCCC)NC(=N)NCC2CCN(C(=O)COc3ccccc3)CC2)c1. The predicted molar refractivity (Wildman–Crippen MR) is 152 cm³/mol. The molecule has 7 heteroatoms. The molecule has 2 aromatic carbocycles. The molecule has 7 nitrogen and oxygen atoms in total. The van der Waals surface area contributed by atoms with Crippen molar-refractivity contribution in [1.82, 2.24) is 15.5 Å². The van der Waals surface area contributed by atoms with Crippen LogP contribution >= 0.6 is 0 Å². The van der Waals surface area contributed by atoms with Crippen molar-refractivity contribution in [2.45, 2.75) is 70.8 Å². The lowest BCUT2D eigenvalue weighted by molar-refractivity contribution is -0.134. The van der Waals surface area contributed by atoms with Crippen LogP contribution in [0.15, 0.2) is 54.6 Å². The average molecular weight is 521 g/mol. The number of guanidine groups is 1. The zero-order chi connectivity index (χ0) is 27.2. The molecule has 0 bridgehead atoms. The highest BCUT2D eigenvalue weighted by Crippen LogP contribution is 2.27. The molecule has 1 aliphatic rings. The van der Waals surface area contributed by atoms with E-state index in [1.165, 1.54) is 5.56 Å². The van der Waals surface area contributed by atoms with Gasteiger partial charge in [0.25, 0.3) is 5.91 Å². The van der Waals surface area contributed by atoms with Crippen LogP contribution < -0.4 is 15.4 Å². The van der Waals surface area contributed by atoms with Gasteiger partial charge in [0.2, 0.25) is 0 Å². The standard InChI is InChI=1S/C31H44N4O3/c1-3-5-11-25-12-10-13-27(21-25)31(24-36,18-6-4-2)34-30(32)33-22-26-16-19-35(20-17-26)29(37)23-38-28-14-8-7-9-15-28/h7-10,12-15,21,24,26H,3-6,11,16-20,22-23H2,1-2H3,(H3,32,33,34). The van der Waals surface area contributed by atoms with E-state index in [1.807, 2.05) is 47.4 Å². The Labute approximate surface area is 227 Å². The highest BCUT2D eigenvalue weighted by Gasteiger charge is 2.33. The number of carbonyl (C=O) groups is 2. The molecule has 38 heavy (non-hydrogen) atoms. The number of rotatable bonds is 14.